The fourth-order valence-corrected chi connectivity index (χ4v) is 1.74. The van der Waals surface area contributed by atoms with E-state index in [0.717, 1.165) is 5.56 Å². The van der Waals surface area contributed by atoms with Crippen LogP contribution in [0, 0.1) is 10.1 Å². The molecule has 0 aliphatic heterocycles. The highest BCUT2D eigenvalue weighted by Gasteiger charge is 2.22. The van der Waals surface area contributed by atoms with E-state index in [1.165, 1.54) is 0 Å². The summed E-state index contributed by atoms with van der Waals surface area (Å²) < 4.78 is -0.563. The fourth-order valence-electron chi connectivity index (χ4n) is 0.899. The lowest BCUT2D eigenvalue weighted by atomic mass is 10.2. The summed E-state index contributed by atoms with van der Waals surface area (Å²) in [6.07, 6.45) is 0. The third-order valence-electron chi connectivity index (χ3n) is 1.50. The van der Waals surface area contributed by atoms with Crippen LogP contribution in [-0.2, 0) is 6.04 Å². The van der Waals surface area contributed by atoms with E-state index in [1.807, 2.05) is 6.07 Å². The Morgan fingerprint density at radius 2 is 2.00 bits per heavy atom. The predicted octanol–water partition coefficient (Wildman–Crippen LogP) is 0.258. The van der Waals surface area contributed by atoms with Gasteiger partial charge in [0.25, 0.3) is 0 Å². The van der Waals surface area contributed by atoms with Gasteiger partial charge in [0.2, 0.25) is 0 Å². The second-order valence-electron chi connectivity index (χ2n) is 2.46. The van der Waals surface area contributed by atoms with Crippen LogP contribution in [0.25, 0.3) is 0 Å². The first-order valence-corrected chi connectivity index (χ1v) is 5.40. The van der Waals surface area contributed by atoms with Gasteiger partial charge in [0.1, 0.15) is 0 Å². The molecule has 0 fully saturated rings. The number of nitrogens with zero attached hydrogens (tertiary/aromatic N) is 1. The van der Waals surface area contributed by atoms with Crippen molar-refractivity contribution in [2.75, 3.05) is 0 Å². The second kappa shape index (κ2) is 3.98. The molecule has 0 saturated heterocycles. The van der Waals surface area contributed by atoms with Crippen molar-refractivity contribution in [1.82, 2.24) is 0 Å². The lowest BCUT2D eigenvalue weighted by Gasteiger charge is -1.98. The van der Waals surface area contributed by atoms with E-state index in [-0.39, 0.29) is 6.04 Å². The van der Waals surface area contributed by atoms with Crippen molar-refractivity contribution in [3.05, 3.63) is 46.0 Å². The predicted molar refractivity (Wildman–Crippen MR) is 46.5 cm³/mol. The molecule has 1 rings (SSSR count). The summed E-state index contributed by atoms with van der Waals surface area (Å²) in [5, 5.41) is 10.1. The maximum Gasteiger partial charge on any atom is 0.561 e. The Hall–Kier alpha value is -1.20. The van der Waals surface area contributed by atoms with Crippen LogP contribution >= 0.6 is 0 Å². The Kier molecular flexibility index (Phi) is 2.95. The number of hydrogen-bond donors (Lipinski definition) is 1. The van der Waals surface area contributed by atoms with Gasteiger partial charge in [-0.3, -0.25) is 10.1 Å². The van der Waals surface area contributed by atoms with E-state index >= 15 is 0 Å². The van der Waals surface area contributed by atoms with E-state index in [1.54, 1.807) is 24.3 Å². The average Bonchev–Trinajstić information content (AvgIpc) is 2.06. The first kappa shape index (κ1) is 8.89. The van der Waals surface area contributed by atoms with Crippen LogP contribution in [0.3, 0.4) is 0 Å². The highest BCUT2D eigenvalue weighted by Crippen LogP contribution is 2.00. The van der Waals surface area contributed by atoms with Gasteiger partial charge in [-0.1, -0.05) is 30.3 Å². The molecule has 0 amide bonds. The Morgan fingerprint density at radius 1 is 1.42 bits per heavy atom. The van der Waals surface area contributed by atoms with Gasteiger partial charge < -0.3 is 4.80 Å². The molecule has 1 aromatic rings. The van der Waals surface area contributed by atoms with Crippen molar-refractivity contribution in [2.45, 2.75) is 6.04 Å². The van der Waals surface area contributed by atoms with E-state index in [9.17, 15) is 10.1 Å². The molecule has 64 valence electrons. The van der Waals surface area contributed by atoms with Crippen LogP contribution in [0.5, 0.6) is 0 Å². The summed E-state index contributed by atoms with van der Waals surface area (Å²) >= 11 is 0. The molecule has 0 saturated carbocycles. The van der Waals surface area contributed by atoms with Crippen LogP contribution in [-0.4, -0.2) is 18.6 Å². The normalized spacial score (nSPS) is 12.4. The minimum absolute atomic E-state index is 0.202. The lowest BCUT2D eigenvalue weighted by Crippen LogP contribution is -2.27. The van der Waals surface area contributed by atoms with Crippen molar-refractivity contribution in [3.63, 3.8) is 0 Å². The number of rotatable bonds is 3. The minimum Gasteiger partial charge on any atom is -0.379 e. The van der Waals surface area contributed by atoms with E-state index in [2.05, 4.69) is 0 Å². The molecular weight excluding hydrogens is 174 g/mol. The number of benzene rings is 1. The molecular formula is C7H9NO3Si. The van der Waals surface area contributed by atoms with Gasteiger partial charge in [-0.05, 0) is 10.2 Å². The third-order valence-corrected chi connectivity index (χ3v) is 2.83. The molecule has 0 bridgehead atoms. The van der Waals surface area contributed by atoms with E-state index in [0.29, 0.717) is 0 Å². The van der Waals surface area contributed by atoms with Gasteiger partial charge in [0, 0.05) is 0 Å². The zero-order chi connectivity index (χ0) is 8.97. The molecule has 5 heteroatoms. The molecule has 0 aromatic heterocycles. The first-order chi connectivity index (χ1) is 5.70. The monoisotopic (exact) mass is 183 g/mol. The molecule has 12 heavy (non-hydrogen) atoms. The van der Waals surface area contributed by atoms with Gasteiger partial charge in [-0.25, -0.2) is 0 Å². The van der Waals surface area contributed by atoms with Crippen molar-refractivity contribution in [1.29, 1.82) is 0 Å². The molecule has 0 heterocycles. The maximum absolute atomic E-state index is 10.1. The van der Waals surface area contributed by atoms with Crippen LogP contribution < -0.4 is 0 Å². The highest BCUT2D eigenvalue weighted by atomic mass is 28.3. The maximum atomic E-state index is 10.1. The molecule has 0 radical (unpaired) electrons. The van der Waals surface area contributed by atoms with Crippen molar-refractivity contribution in [2.24, 2.45) is 0 Å². The van der Waals surface area contributed by atoms with Crippen LogP contribution in [0.2, 0.25) is 0 Å². The zero-order valence-corrected chi connectivity index (χ0v) is 7.54. The van der Waals surface area contributed by atoms with Crippen molar-refractivity contribution in [3.8, 4) is 0 Å². The summed E-state index contributed by atoms with van der Waals surface area (Å²) in [7, 11) is -2.78. The van der Waals surface area contributed by atoms with Gasteiger partial charge in [-0.2, -0.15) is 0 Å². The Balaban J connectivity index is 2.58. The highest BCUT2D eigenvalue weighted by molar-refractivity contribution is 6.40. The van der Waals surface area contributed by atoms with E-state index in [4.69, 9.17) is 4.80 Å². The first-order valence-electron chi connectivity index (χ1n) is 3.55. The molecule has 1 aromatic carbocycles. The van der Waals surface area contributed by atoms with E-state index < -0.39 is 13.8 Å². The Morgan fingerprint density at radius 3 is 2.50 bits per heavy atom. The standard InChI is InChI=1S/C7H9NO3Si/c9-8(10)12(11)6-7-4-2-1-3-5-7/h1-5,11-12H,6H2. The summed E-state index contributed by atoms with van der Waals surface area (Å²) in [5.41, 5.74) is 0.827. The minimum atomic E-state index is -2.78. The summed E-state index contributed by atoms with van der Waals surface area (Å²) in [6, 6.07) is 9.20. The summed E-state index contributed by atoms with van der Waals surface area (Å²) in [6.45, 7) is 0. The SMILES string of the molecule is O=[N+]([O-])[SiH](O)Cc1ccccc1. The van der Waals surface area contributed by atoms with Gasteiger partial charge in [0.05, 0.1) is 6.04 Å². The fraction of sp³-hybridized carbons (Fsp3) is 0.143. The van der Waals surface area contributed by atoms with Gasteiger partial charge >= 0.3 is 9.20 Å². The molecule has 4 nitrogen and oxygen atoms in total. The number of hydrogen-bond acceptors (Lipinski definition) is 3. The topological polar surface area (TPSA) is 63.4 Å². The quantitative estimate of drug-likeness (QED) is 0.415. The molecule has 1 unspecified atom stereocenters. The lowest BCUT2D eigenvalue weighted by molar-refractivity contribution is -0.349. The summed E-state index contributed by atoms with van der Waals surface area (Å²) in [4.78, 5) is 19.1. The van der Waals surface area contributed by atoms with Gasteiger partial charge in [-0.15, -0.1) is 0 Å². The largest absolute Gasteiger partial charge is 0.561 e. The molecule has 0 spiro atoms. The smallest absolute Gasteiger partial charge is 0.379 e. The average molecular weight is 183 g/mol. The summed E-state index contributed by atoms with van der Waals surface area (Å²) in [5.74, 6) is 0. The Labute approximate surface area is 71.4 Å². The number of nitro groups is 1. The molecule has 1 atom stereocenters. The Bertz CT molecular complexity index is 265. The van der Waals surface area contributed by atoms with Crippen LogP contribution in [0.4, 0.5) is 0 Å². The molecule has 1 N–H and O–H groups in total. The van der Waals surface area contributed by atoms with Gasteiger partial charge in [0.15, 0.2) is 0 Å². The molecule has 0 aliphatic carbocycles. The molecule has 0 aliphatic rings. The van der Waals surface area contributed by atoms with Crippen molar-refractivity contribution >= 4 is 9.20 Å². The third kappa shape index (κ3) is 2.44. The second-order valence-corrected chi connectivity index (χ2v) is 4.25. The van der Waals surface area contributed by atoms with Crippen LogP contribution in [0.1, 0.15) is 5.56 Å². The van der Waals surface area contributed by atoms with Crippen LogP contribution in [0.15, 0.2) is 30.3 Å². The zero-order valence-electron chi connectivity index (χ0n) is 6.38. The van der Waals surface area contributed by atoms with Crippen molar-refractivity contribution < 1.29 is 9.38 Å².